The number of carboxylic acid groups (broad SMARTS) is 2. The van der Waals surface area contributed by atoms with E-state index in [9.17, 15) is 0 Å². The van der Waals surface area contributed by atoms with Crippen LogP contribution in [0.25, 0.3) is 0 Å². The van der Waals surface area contributed by atoms with Gasteiger partial charge in [-0.3, -0.25) is 0 Å². The number of halogens is 1. The fourth-order valence-corrected chi connectivity index (χ4v) is 3.51. The smallest absolute Gasteiger partial charge is 1.00 e. The first-order chi connectivity index (χ1) is 11.4. The van der Waals surface area contributed by atoms with Crippen molar-refractivity contribution in [1.29, 1.82) is 0 Å². The van der Waals surface area contributed by atoms with E-state index in [-0.39, 0.29) is 34.1 Å². The van der Waals surface area contributed by atoms with Gasteiger partial charge in [-0.2, -0.15) is 5.57 Å². The molecule has 1 atom stereocenters. The van der Waals surface area contributed by atoms with Gasteiger partial charge in [-0.15, -0.1) is 24.8 Å². The average molecular weight is 411 g/mol. The first-order valence-electron chi connectivity index (χ1n) is 8.10. The number of carboxylic acids is 2. The molecule has 26 heavy (non-hydrogen) atoms. The number of hydrogen-bond donors (Lipinski definition) is 2. The van der Waals surface area contributed by atoms with Crippen LogP contribution in [0.2, 0.25) is 0 Å². The number of carbonyl (C=O) groups is 2. The maximum absolute atomic E-state index is 9.13. The fraction of sp³-hybridized carbons (Fsp3) is 0.450. The van der Waals surface area contributed by atoms with E-state index in [2.05, 4.69) is 26.2 Å². The minimum absolute atomic E-state index is 0. The molecular formula is C20H23ClO4Ti. The first-order valence-corrected chi connectivity index (χ1v) is 8.10. The molecule has 3 aliphatic carbocycles. The van der Waals surface area contributed by atoms with Gasteiger partial charge in [-0.05, 0) is 25.2 Å². The van der Waals surface area contributed by atoms with Crippen molar-refractivity contribution in [3.8, 4) is 24.7 Å². The summed E-state index contributed by atoms with van der Waals surface area (Å²) in [6.45, 7) is 2.42. The molecule has 0 spiro atoms. The first kappa shape index (κ1) is 26.6. The SMILES string of the molecule is C#CC(=O)O.C#CC(=O)O.CC1C2=C(CCC[CH-]2)C2=C1CCCC2.[Cl-].[Ti+2]. The molecule has 0 fully saturated rings. The molecule has 6 heteroatoms. The molecule has 0 saturated carbocycles. The van der Waals surface area contributed by atoms with Gasteiger partial charge in [0.2, 0.25) is 0 Å². The number of allylic oxidation sites excluding steroid dienone is 4. The van der Waals surface area contributed by atoms with Crippen LogP contribution in [0.5, 0.6) is 0 Å². The zero-order valence-corrected chi connectivity index (χ0v) is 17.2. The maximum atomic E-state index is 9.13. The summed E-state index contributed by atoms with van der Waals surface area (Å²) >= 11 is 0. The Morgan fingerprint density at radius 1 is 1.00 bits per heavy atom. The summed E-state index contributed by atoms with van der Waals surface area (Å²) in [5, 5.41) is 15.0. The third-order valence-corrected chi connectivity index (χ3v) is 4.45. The molecule has 1 unspecified atom stereocenters. The Morgan fingerprint density at radius 2 is 1.46 bits per heavy atom. The standard InChI is InChI=1S/C14H19.2C3H2O2.ClH.Ti/c1-10-11-6-2-4-8-13(11)14-9-5-3-7-12(10)14;2*1-2-3(4)5;;/h6,10H,2-5,7-9H2,1H3;2*1H,(H,4,5);1H;/q-1;;;;+2/p-1. The van der Waals surface area contributed by atoms with Crippen molar-refractivity contribution in [3.05, 3.63) is 28.7 Å². The Bertz CT molecular complexity index is 594. The van der Waals surface area contributed by atoms with Crippen LogP contribution < -0.4 is 12.4 Å². The van der Waals surface area contributed by atoms with E-state index in [1.54, 1.807) is 22.3 Å². The van der Waals surface area contributed by atoms with Gasteiger partial charge in [-0.1, -0.05) is 31.8 Å². The summed E-state index contributed by atoms with van der Waals surface area (Å²) in [4.78, 5) is 18.3. The molecule has 0 aromatic heterocycles. The summed E-state index contributed by atoms with van der Waals surface area (Å²) in [6, 6.07) is 0. The van der Waals surface area contributed by atoms with Gasteiger partial charge in [0.05, 0.1) is 0 Å². The Kier molecular flexibility index (Phi) is 13.9. The molecule has 0 amide bonds. The molecule has 2 N–H and O–H groups in total. The van der Waals surface area contributed by atoms with Crippen molar-refractivity contribution in [2.45, 2.75) is 51.9 Å². The van der Waals surface area contributed by atoms with Crippen molar-refractivity contribution in [1.82, 2.24) is 0 Å². The van der Waals surface area contributed by atoms with Crippen LogP contribution >= 0.6 is 0 Å². The molecule has 0 saturated heterocycles. The zero-order chi connectivity index (χ0) is 18.1. The fourth-order valence-electron chi connectivity index (χ4n) is 3.51. The van der Waals surface area contributed by atoms with Crippen molar-refractivity contribution in [2.75, 3.05) is 0 Å². The normalized spacial score (nSPS) is 19.0. The van der Waals surface area contributed by atoms with Gasteiger partial charge in [0.15, 0.2) is 0 Å². The van der Waals surface area contributed by atoms with Crippen LogP contribution in [0.3, 0.4) is 0 Å². The third kappa shape index (κ3) is 7.75. The van der Waals surface area contributed by atoms with Crippen LogP contribution in [0.1, 0.15) is 51.9 Å². The monoisotopic (exact) mass is 410 g/mol. The molecule has 0 aromatic carbocycles. The van der Waals surface area contributed by atoms with E-state index in [4.69, 9.17) is 19.8 Å². The van der Waals surface area contributed by atoms with Gasteiger partial charge in [0.25, 0.3) is 0 Å². The molecule has 0 heterocycles. The molecule has 0 aromatic rings. The molecule has 0 radical (unpaired) electrons. The molecule has 3 aliphatic rings. The second-order valence-corrected chi connectivity index (χ2v) is 5.86. The largest absolute Gasteiger partial charge is 2.00 e. The summed E-state index contributed by atoms with van der Waals surface area (Å²) in [7, 11) is 0. The van der Waals surface area contributed by atoms with E-state index >= 15 is 0 Å². The average Bonchev–Trinajstić information content (AvgIpc) is 2.89. The van der Waals surface area contributed by atoms with Crippen LogP contribution in [0.4, 0.5) is 0 Å². The number of hydrogen-bond acceptors (Lipinski definition) is 2. The quantitative estimate of drug-likeness (QED) is 0.348. The van der Waals surface area contributed by atoms with E-state index in [1.807, 2.05) is 0 Å². The molecular weight excluding hydrogens is 388 g/mol. The summed E-state index contributed by atoms with van der Waals surface area (Å²) in [5.41, 5.74) is 7.07. The molecule has 138 valence electrons. The second-order valence-electron chi connectivity index (χ2n) is 5.86. The Labute approximate surface area is 176 Å². The van der Waals surface area contributed by atoms with Gasteiger partial charge < -0.3 is 22.6 Å². The van der Waals surface area contributed by atoms with E-state index in [1.165, 1.54) is 56.8 Å². The maximum Gasteiger partial charge on any atom is 2.00 e. The topological polar surface area (TPSA) is 74.6 Å². The predicted octanol–water partition coefficient (Wildman–Crippen LogP) is 0.601. The van der Waals surface area contributed by atoms with Crippen molar-refractivity contribution < 1.29 is 53.9 Å². The van der Waals surface area contributed by atoms with E-state index in [0.29, 0.717) is 0 Å². The minimum atomic E-state index is -1.22. The van der Waals surface area contributed by atoms with Gasteiger partial charge in [0, 0.05) is 11.8 Å². The Hall–Kier alpha value is -1.59. The van der Waals surface area contributed by atoms with Crippen LogP contribution in [0.15, 0.2) is 22.3 Å². The van der Waals surface area contributed by atoms with Gasteiger partial charge in [0.1, 0.15) is 0 Å². The van der Waals surface area contributed by atoms with Gasteiger partial charge in [-0.25, -0.2) is 21.6 Å². The third-order valence-electron chi connectivity index (χ3n) is 4.45. The van der Waals surface area contributed by atoms with Crippen molar-refractivity contribution in [2.24, 2.45) is 5.92 Å². The van der Waals surface area contributed by atoms with Crippen LogP contribution in [-0.4, -0.2) is 22.2 Å². The zero-order valence-electron chi connectivity index (χ0n) is 14.8. The van der Waals surface area contributed by atoms with Crippen LogP contribution in [0, 0.1) is 37.0 Å². The Balaban J connectivity index is 0. The molecule has 0 aliphatic heterocycles. The number of terminal acetylenes is 2. The molecule has 4 nitrogen and oxygen atoms in total. The molecule has 3 rings (SSSR count). The number of fused-ring (bicyclic) bond motifs is 1. The van der Waals surface area contributed by atoms with Gasteiger partial charge >= 0.3 is 33.7 Å². The van der Waals surface area contributed by atoms with Crippen LogP contribution in [-0.2, 0) is 31.3 Å². The summed E-state index contributed by atoms with van der Waals surface area (Å²) in [5.74, 6) is 1.23. The number of aliphatic carboxylic acids is 2. The summed E-state index contributed by atoms with van der Waals surface area (Å²) < 4.78 is 0. The summed E-state index contributed by atoms with van der Waals surface area (Å²) in [6.07, 6.45) is 20.9. The minimum Gasteiger partial charge on any atom is -1.00 e. The molecule has 0 bridgehead atoms. The predicted molar refractivity (Wildman–Crippen MR) is 92.8 cm³/mol. The van der Waals surface area contributed by atoms with Crippen molar-refractivity contribution >= 4 is 11.9 Å². The van der Waals surface area contributed by atoms with Crippen molar-refractivity contribution in [3.63, 3.8) is 0 Å². The Morgan fingerprint density at radius 3 is 1.96 bits per heavy atom. The number of rotatable bonds is 0. The second kappa shape index (κ2) is 13.6. The van der Waals surface area contributed by atoms with E-state index < -0.39 is 11.9 Å². The van der Waals surface area contributed by atoms with E-state index in [0.717, 1.165) is 5.92 Å².